The van der Waals surface area contributed by atoms with Gasteiger partial charge in [-0.15, -0.1) is 0 Å². The summed E-state index contributed by atoms with van der Waals surface area (Å²) in [7, 11) is -3.54. The lowest BCUT2D eigenvalue weighted by atomic mass is 10.0. The Morgan fingerprint density at radius 3 is 2.79 bits per heavy atom. The lowest BCUT2D eigenvalue weighted by molar-refractivity contribution is 0.133. The number of aromatic nitrogens is 1. The van der Waals surface area contributed by atoms with Crippen molar-refractivity contribution in [2.75, 3.05) is 18.5 Å². The number of sulfonamides is 1. The standard InChI is InChI=1S/C11H18N4O3S/c1-8(16)9-4-5-15(7-9)19(17,18)10-2-3-11(14-12)13-6-10/h2-3,6,8-9,16H,4-5,7,12H2,1H3,(H,13,14). The molecule has 1 fully saturated rings. The molecule has 2 unspecified atom stereocenters. The number of pyridine rings is 1. The summed E-state index contributed by atoms with van der Waals surface area (Å²) in [5, 5.41) is 9.52. The maximum atomic E-state index is 12.4. The van der Waals surface area contributed by atoms with Crippen LogP contribution >= 0.6 is 0 Å². The Balaban J connectivity index is 2.18. The fourth-order valence-corrected chi connectivity index (χ4v) is 3.59. The van der Waals surface area contributed by atoms with Gasteiger partial charge in [0.05, 0.1) is 6.10 Å². The molecule has 0 bridgehead atoms. The summed E-state index contributed by atoms with van der Waals surface area (Å²) in [6.07, 6.45) is 1.45. The second-order valence-corrected chi connectivity index (χ2v) is 6.61. The smallest absolute Gasteiger partial charge is 0.244 e. The Labute approximate surface area is 112 Å². The number of hydrazine groups is 1. The molecule has 0 saturated carbocycles. The first-order valence-electron chi connectivity index (χ1n) is 6.06. The molecule has 1 aromatic heterocycles. The Kier molecular flexibility index (Phi) is 4.04. The maximum Gasteiger partial charge on any atom is 0.244 e. The van der Waals surface area contributed by atoms with Crippen LogP contribution in [0.2, 0.25) is 0 Å². The number of aliphatic hydroxyl groups is 1. The zero-order valence-electron chi connectivity index (χ0n) is 10.7. The van der Waals surface area contributed by atoms with Crippen molar-refractivity contribution in [2.45, 2.75) is 24.3 Å². The van der Waals surface area contributed by atoms with Crippen molar-refractivity contribution in [3.63, 3.8) is 0 Å². The molecule has 106 valence electrons. The van der Waals surface area contributed by atoms with E-state index in [2.05, 4.69) is 10.4 Å². The molecule has 1 aliphatic rings. The third-order valence-corrected chi connectivity index (χ3v) is 5.24. The number of hydrogen-bond acceptors (Lipinski definition) is 6. The van der Waals surface area contributed by atoms with Crippen molar-refractivity contribution in [1.82, 2.24) is 9.29 Å². The second kappa shape index (κ2) is 5.41. The third kappa shape index (κ3) is 2.86. The number of aliphatic hydroxyl groups excluding tert-OH is 1. The number of nitrogen functional groups attached to an aromatic ring is 1. The topological polar surface area (TPSA) is 109 Å². The SMILES string of the molecule is CC(O)C1CCN(S(=O)(=O)c2ccc(NN)nc2)C1. The largest absolute Gasteiger partial charge is 0.393 e. The van der Waals surface area contributed by atoms with E-state index < -0.39 is 16.1 Å². The molecule has 19 heavy (non-hydrogen) atoms. The number of nitrogens with two attached hydrogens (primary N) is 1. The van der Waals surface area contributed by atoms with Gasteiger partial charge in [0.15, 0.2) is 0 Å². The van der Waals surface area contributed by atoms with Gasteiger partial charge in [0, 0.05) is 19.3 Å². The van der Waals surface area contributed by atoms with Crippen LogP contribution in [0, 0.1) is 5.92 Å². The monoisotopic (exact) mass is 286 g/mol. The molecular formula is C11H18N4O3S. The van der Waals surface area contributed by atoms with Crippen molar-refractivity contribution in [1.29, 1.82) is 0 Å². The van der Waals surface area contributed by atoms with E-state index in [1.807, 2.05) is 0 Å². The van der Waals surface area contributed by atoms with Gasteiger partial charge in [0.2, 0.25) is 10.0 Å². The van der Waals surface area contributed by atoms with Crippen molar-refractivity contribution in [3.05, 3.63) is 18.3 Å². The Bertz CT molecular complexity index is 529. The Hall–Kier alpha value is -1.22. The van der Waals surface area contributed by atoms with Crippen LogP contribution in [-0.2, 0) is 10.0 Å². The van der Waals surface area contributed by atoms with E-state index in [1.165, 1.54) is 22.6 Å². The first kappa shape index (κ1) is 14.2. The number of anilines is 1. The van der Waals surface area contributed by atoms with Gasteiger partial charge in [-0.2, -0.15) is 4.31 Å². The van der Waals surface area contributed by atoms with Gasteiger partial charge in [-0.25, -0.2) is 19.2 Å². The molecule has 0 aromatic carbocycles. The lowest BCUT2D eigenvalue weighted by Gasteiger charge is -2.17. The van der Waals surface area contributed by atoms with Gasteiger partial charge in [-0.1, -0.05) is 0 Å². The molecule has 0 amide bonds. The first-order valence-corrected chi connectivity index (χ1v) is 7.50. The normalized spacial score (nSPS) is 22.4. The van der Waals surface area contributed by atoms with Gasteiger partial charge < -0.3 is 10.5 Å². The number of rotatable bonds is 4. The van der Waals surface area contributed by atoms with Crippen LogP contribution in [0.25, 0.3) is 0 Å². The van der Waals surface area contributed by atoms with E-state index in [1.54, 1.807) is 6.92 Å². The van der Waals surface area contributed by atoms with E-state index in [9.17, 15) is 13.5 Å². The average Bonchev–Trinajstić information content (AvgIpc) is 2.89. The summed E-state index contributed by atoms with van der Waals surface area (Å²) >= 11 is 0. The minimum Gasteiger partial charge on any atom is -0.393 e. The fourth-order valence-electron chi connectivity index (χ4n) is 2.13. The van der Waals surface area contributed by atoms with Crippen LogP contribution in [0.3, 0.4) is 0 Å². The Morgan fingerprint density at radius 1 is 1.58 bits per heavy atom. The molecular weight excluding hydrogens is 268 g/mol. The second-order valence-electron chi connectivity index (χ2n) is 4.68. The number of nitrogens with zero attached hydrogens (tertiary/aromatic N) is 2. The van der Waals surface area contributed by atoms with E-state index in [-0.39, 0.29) is 10.8 Å². The summed E-state index contributed by atoms with van der Waals surface area (Å²) in [6, 6.07) is 2.97. The van der Waals surface area contributed by atoms with Crippen LogP contribution in [0.5, 0.6) is 0 Å². The summed E-state index contributed by atoms with van der Waals surface area (Å²) in [4.78, 5) is 4.03. The molecule has 0 aliphatic carbocycles. The van der Waals surface area contributed by atoms with E-state index >= 15 is 0 Å². The molecule has 0 radical (unpaired) electrons. The van der Waals surface area contributed by atoms with Crippen LogP contribution in [-0.4, -0.2) is 42.0 Å². The van der Waals surface area contributed by atoms with Crippen LogP contribution in [0.15, 0.2) is 23.2 Å². The first-order chi connectivity index (χ1) is 8.95. The van der Waals surface area contributed by atoms with Crippen LogP contribution in [0.1, 0.15) is 13.3 Å². The highest BCUT2D eigenvalue weighted by Crippen LogP contribution is 2.26. The van der Waals surface area contributed by atoms with Crippen molar-refractivity contribution in [2.24, 2.45) is 11.8 Å². The zero-order valence-corrected chi connectivity index (χ0v) is 11.5. The summed E-state index contributed by atoms with van der Waals surface area (Å²) < 4.78 is 26.1. The van der Waals surface area contributed by atoms with Gasteiger partial charge in [0.25, 0.3) is 0 Å². The Morgan fingerprint density at radius 2 is 2.32 bits per heavy atom. The van der Waals surface area contributed by atoms with E-state index in [0.717, 1.165) is 0 Å². The molecule has 1 saturated heterocycles. The van der Waals surface area contributed by atoms with Crippen molar-refractivity contribution in [3.8, 4) is 0 Å². The highest BCUT2D eigenvalue weighted by atomic mass is 32.2. The zero-order chi connectivity index (χ0) is 14.0. The minimum absolute atomic E-state index is 0.00674. The molecule has 8 heteroatoms. The van der Waals surface area contributed by atoms with Crippen molar-refractivity contribution >= 4 is 15.8 Å². The molecule has 1 aromatic rings. The molecule has 2 atom stereocenters. The molecule has 7 nitrogen and oxygen atoms in total. The highest BCUT2D eigenvalue weighted by molar-refractivity contribution is 7.89. The predicted molar refractivity (Wildman–Crippen MR) is 70.6 cm³/mol. The summed E-state index contributed by atoms with van der Waals surface area (Å²) in [5.74, 6) is 5.58. The van der Waals surface area contributed by atoms with Gasteiger partial charge in [-0.05, 0) is 31.4 Å². The molecule has 4 N–H and O–H groups in total. The van der Waals surface area contributed by atoms with Crippen LogP contribution in [0.4, 0.5) is 5.82 Å². The fraction of sp³-hybridized carbons (Fsp3) is 0.545. The van der Waals surface area contributed by atoms with Crippen LogP contribution < -0.4 is 11.3 Å². The van der Waals surface area contributed by atoms with Gasteiger partial charge in [-0.3, -0.25) is 0 Å². The average molecular weight is 286 g/mol. The van der Waals surface area contributed by atoms with E-state index in [4.69, 9.17) is 5.84 Å². The third-order valence-electron chi connectivity index (χ3n) is 3.39. The highest BCUT2D eigenvalue weighted by Gasteiger charge is 2.34. The van der Waals surface area contributed by atoms with Crippen molar-refractivity contribution < 1.29 is 13.5 Å². The summed E-state index contributed by atoms with van der Waals surface area (Å²) in [6.45, 7) is 2.45. The van der Waals surface area contributed by atoms with Gasteiger partial charge in [0.1, 0.15) is 10.7 Å². The molecule has 2 heterocycles. The predicted octanol–water partition coefficient (Wildman–Crippen LogP) is -0.241. The molecule has 0 spiro atoms. The summed E-state index contributed by atoms with van der Waals surface area (Å²) in [5.41, 5.74) is 2.34. The maximum absolute atomic E-state index is 12.4. The minimum atomic E-state index is -3.54. The molecule has 1 aliphatic heterocycles. The quantitative estimate of drug-likeness (QED) is 0.520. The number of hydrogen-bond donors (Lipinski definition) is 3. The number of nitrogens with one attached hydrogen (secondary N) is 1. The van der Waals surface area contributed by atoms with Gasteiger partial charge >= 0.3 is 0 Å². The van der Waals surface area contributed by atoms with E-state index in [0.29, 0.717) is 25.3 Å². The lowest BCUT2D eigenvalue weighted by Crippen LogP contribution is -2.30. The molecule has 2 rings (SSSR count).